The molecule has 0 aliphatic rings. The molecule has 6 heteroatoms. The number of esters is 1. The van der Waals surface area contributed by atoms with Gasteiger partial charge in [-0.3, -0.25) is 4.79 Å². The largest absolute Gasteiger partial charge is 0.464 e. The van der Waals surface area contributed by atoms with Crippen LogP contribution in [-0.4, -0.2) is 23.8 Å². The lowest BCUT2D eigenvalue weighted by Gasteiger charge is -1.99. The van der Waals surface area contributed by atoms with Crippen molar-refractivity contribution < 1.29 is 23.1 Å². The summed E-state index contributed by atoms with van der Waals surface area (Å²) in [6, 6.07) is 4.14. The van der Waals surface area contributed by atoms with Crippen LogP contribution in [0.15, 0.2) is 30.5 Å². The van der Waals surface area contributed by atoms with Crippen LogP contribution in [0.4, 0.5) is 8.78 Å². The number of aromatic amines is 1. The highest BCUT2D eigenvalue weighted by molar-refractivity contribution is 6.09. The second-order valence-electron chi connectivity index (χ2n) is 3.75. The van der Waals surface area contributed by atoms with Gasteiger partial charge in [0, 0.05) is 17.3 Å². The van der Waals surface area contributed by atoms with E-state index in [1.807, 2.05) is 0 Å². The van der Waals surface area contributed by atoms with Gasteiger partial charge in [0.25, 0.3) is 0 Å². The van der Waals surface area contributed by atoms with E-state index in [4.69, 9.17) is 0 Å². The highest BCUT2D eigenvalue weighted by Crippen LogP contribution is 2.14. The molecule has 1 heterocycles. The normalized spacial score (nSPS) is 10.3. The number of methoxy groups -OCH3 is 1. The van der Waals surface area contributed by atoms with E-state index in [0.29, 0.717) is 0 Å². The standard InChI is InChI=1S/C13H9F2NO3/c1-19-13(18)11-5-8(6-16-11)12(17)7-2-3-9(14)10(15)4-7/h2-6,16H,1H3. The molecule has 0 saturated heterocycles. The Hall–Kier alpha value is -2.50. The van der Waals surface area contributed by atoms with Crippen LogP contribution in [0.5, 0.6) is 0 Å². The molecule has 0 atom stereocenters. The van der Waals surface area contributed by atoms with Crippen molar-refractivity contribution in [2.45, 2.75) is 0 Å². The Bertz CT molecular complexity index is 649. The molecule has 0 saturated carbocycles. The molecule has 19 heavy (non-hydrogen) atoms. The first-order valence-electron chi connectivity index (χ1n) is 5.29. The lowest BCUT2D eigenvalue weighted by atomic mass is 10.1. The van der Waals surface area contributed by atoms with Gasteiger partial charge in [0.1, 0.15) is 5.69 Å². The molecule has 0 spiro atoms. The zero-order valence-corrected chi connectivity index (χ0v) is 9.87. The van der Waals surface area contributed by atoms with Crippen LogP contribution < -0.4 is 0 Å². The van der Waals surface area contributed by atoms with Gasteiger partial charge in [0.05, 0.1) is 7.11 Å². The van der Waals surface area contributed by atoms with Crippen molar-refractivity contribution in [1.29, 1.82) is 0 Å². The summed E-state index contributed by atoms with van der Waals surface area (Å²) in [5.41, 5.74) is 0.258. The van der Waals surface area contributed by atoms with Gasteiger partial charge >= 0.3 is 5.97 Å². The molecule has 2 rings (SSSR count). The number of hydrogen-bond acceptors (Lipinski definition) is 3. The van der Waals surface area contributed by atoms with Gasteiger partial charge in [-0.05, 0) is 24.3 Å². The number of aromatic nitrogens is 1. The summed E-state index contributed by atoms with van der Waals surface area (Å²) in [6.45, 7) is 0. The lowest BCUT2D eigenvalue weighted by Crippen LogP contribution is -2.02. The summed E-state index contributed by atoms with van der Waals surface area (Å²) < 4.78 is 30.3. The SMILES string of the molecule is COC(=O)c1cc(C(=O)c2ccc(F)c(F)c2)c[nH]1. The third-order valence-electron chi connectivity index (χ3n) is 2.53. The Balaban J connectivity index is 2.31. The van der Waals surface area contributed by atoms with Crippen molar-refractivity contribution in [3.05, 3.63) is 58.9 Å². The van der Waals surface area contributed by atoms with Gasteiger partial charge in [-0.25, -0.2) is 13.6 Å². The van der Waals surface area contributed by atoms with Crippen LogP contribution in [0.3, 0.4) is 0 Å². The number of hydrogen-bond donors (Lipinski definition) is 1. The van der Waals surface area contributed by atoms with Gasteiger partial charge in [-0.2, -0.15) is 0 Å². The summed E-state index contributed by atoms with van der Waals surface area (Å²) in [5.74, 6) is -3.27. The molecule has 0 bridgehead atoms. The molecule has 4 nitrogen and oxygen atoms in total. The summed E-state index contributed by atoms with van der Waals surface area (Å²) in [6.07, 6.45) is 1.30. The number of ketones is 1. The Labute approximate surface area is 107 Å². The van der Waals surface area contributed by atoms with E-state index in [0.717, 1.165) is 12.1 Å². The molecule has 0 aliphatic heterocycles. The van der Waals surface area contributed by atoms with E-state index >= 15 is 0 Å². The number of nitrogens with one attached hydrogen (secondary N) is 1. The first kappa shape index (κ1) is 12.9. The Kier molecular flexibility index (Phi) is 3.41. The van der Waals surface area contributed by atoms with E-state index in [9.17, 15) is 18.4 Å². The second kappa shape index (κ2) is 5.01. The summed E-state index contributed by atoms with van der Waals surface area (Å²) in [4.78, 5) is 25.8. The molecule has 98 valence electrons. The maximum Gasteiger partial charge on any atom is 0.354 e. The number of carbonyl (C=O) groups excluding carboxylic acids is 2. The molecular formula is C13H9F2NO3. The molecule has 2 aromatic rings. The topological polar surface area (TPSA) is 59.2 Å². The third-order valence-corrected chi connectivity index (χ3v) is 2.53. The van der Waals surface area contributed by atoms with Gasteiger partial charge < -0.3 is 9.72 Å². The minimum Gasteiger partial charge on any atom is -0.464 e. The zero-order valence-electron chi connectivity index (χ0n) is 9.87. The van der Waals surface area contributed by atoms with E-state index in [1.54, 1.807) is 0 Å². The summed E-state index contributed by atoms with van der Waals surface area (Å²) in [7, 11) is 1.21. The minimum atomic E-state index is -1.10. The van der Waals surface area contributed by atoms with Crippen molar-refractivity contribution in [1.82, 2.24) is 4.98 Å². The van der Waals surface area contributed by atoms with Gasteiger partial charge in [-0.15, -0.1) is 0 Å². The molecule has 0 aliphatic carbocycles. The number of carbonyl (C=O) groups is 2. The highest BCUT2D eigenvalue weighted by Gasteiger charge is 2.16. The first-order valence-corrected chi connectivity index (χ1v) is 5.29. The number of rotatable bonds is 3. The average Bonchev–Trinajstić information content (AvgIpc) is 2.89. The van der Waals surface area contributed by atoms with Crippen LogP contribution in [-0.2, 0) is 4.74 Å². The fourth-order valence-electron chi connectivity index (χ4n) is 1.56. The van der Waals surface area contributed by atoms with Crippen molar-refractivity contribution >= 4 is 11.8 Å². The number of ether oxygens (including phenoxy) is 1. The molecule has 0 radical (unpaired) electrons. The van der Waals surface area contributed by atoms with Crippen molar-refractivity contribution in [2.75, 3.05) is 7.11 Å². The molecule has 1 aromatic carbocycles. The Morgan fingerprint density at radius 1 is 1.11 bits per heavy atom. The predicted molar refractivity (Wildman–Crippen MR) is 61.9 cm³/mol. The average molecular weight is 265 g/mol. The van der Waals surface area contributed by atoms with Gasteiger partial charge in [0.2, 0.25) is 0 Å². The fraction of sp³-hybridized carbons (Fsp3) is 0.0769. The smallest absolute Gasteiger partial charge is 0.354 e. The van der Waals surface area contributed by atoms with Crippen molar-refractivity contribution in [3.63, 3.8) is 0 Å². The minimum absolute atomic E-state index is 0.00526. The third kappa shape index (κ3) is 2.52. The van der Waals surface area contributed by atoms with E-state index < -0.39 is 23.4 Å². The van der Waals surface area contributed by atoms with Crippen LogP contribution in [0.1, 0.15) is 26.4 Å². The number of benzene rings is 1. The highest BCUT2D eigenvalue weighted by atomic mass is 19.2. The van der Waals surface area contributed by atoms with Gasteiger partial charge in [0.15, 0.2) is 17.4 Å². The molecule has 1 aromatic heterocycles. The Morgan fingerprint density at radius 3 is 2.47 bits per heavy atom. The van der Waals surface area contributed by atoms with E-state index in [-0.39, 0.29) is 16.8 Å². The van der Waals surface area contributed by atoms with Crippen molar-refractivity contribution in [3.8, 4) is 0 Å². The van der Waals surface area contributed by atoms with Gasteiger partial charge in [-0.1, -0.05) is 0 Å². The zero-order chi connectivity index (χ0) is 14.0. The second-order valence-corrected chi connectivity index (χ2v) is 3.75. The maximum atomic E-state index is 13.0. The molecule has 0 amide bonds. The van der Waals surface area contributed by atoms with Crippen LogP contribution in [0.25, 0.3) is 0 Å². The van der Waals surface area contributed by atoms with Crippen LogP contribution >= 0.6 is 0 Å². The molecule has 0 unspecified atom stereocenters. The van der Waals surface area contributed by atoms with Crippen molar-refractivity contribution in [2.24, 2.45) is 0 Å². The van der Waals surface area contributed by atoms with E-state index in [1.165, 1.54) is 25.4 Å². The fourth-order valence-corrected chi connectivity index (χ4v) is 1.56. The quantitative estimate of drug-likeness (QED) is 0.684. The first-order chi connectivity index (χ1) is 9.02. The van der Waals surface area contributed by atoms with Crippen LogP contribution in [0, 0.1) is 11.6 Å². The summed E-state index contributed by atoms with van der Waals surface area (Å²) >= 11 is 0. The predicted octanol–water partition coefficient (Wildman–Crippen LogP) is 2.31. The summed E-state index contributed by atoms with van der Waals surface area (Å²) in [5, 5.41) is 0. The maximum absolute atomic E-state index is 13.0. The number of halogens is 2. The van der Waals surface area contributed by atoms with Crippen LogP contribution in [0.2, 0.25) is 0 Å². The monoisotopic (exact) mass is 265 g/mol. The number of H-pyrrole nitrogens is 1. The Morgan fingerprint density at radius 2 is 1.84 bits per heavy atom. The molecular weight excluding hydrogens is 256 g/mol. The lowest BCUT2D eigenvalue weighted by molar-refractivity contribution is 0.0595. The molecule has 1 N–H and O–H groups in total. The van der Waals surface area contributed by atoms with E-state index in [2.05, 4.69) is 9.72 Å². The molecule has 0 fully saturated rings.